The fraction of sp³-hybridized carbons (Fsp3) is 0.385. The Balaban J connectivity index is 2.39. The molecule has 108 valence electrons. The molecular formula is C13H13F3N2O2. The van der Waals surface area contributed by atoms with E-state index in [0.29, 0.717) is 0 Å². The first-order valence-electron chi connectivity index (χ1n) is 6.00. The molecule has 0 radical (unpaired) electrons. The summed E-state index contributed by atoms with van der Waals surface area (Å²) in [6.45, 7) is 3.02. The molecule has 1 N–H and O–H groups in total. The lowest BCUT2D eigenvalue weighted by Crippen LogP contribution is -2.54. The van der Waals surface area contributed by atoms with Crippen LogP contribution < -0.4 is 10.2 Å². The number of hydrogen-bond donors (Lipinski definition) is 1. The van der Waals surface area contributed by atoms with Crippen LogP contribution >= 0.6 is 0 Å². The highest BCUT2D eigenvalue weighted by molar-refractivity contribution is 6.06. The Morgan fingerprint density at radius 3 is 2.55 bits per heavy atom. The smallest absolute Gasteiger partial charge is 0.293 e. The number of urea groups is 1. The zero-order chi connectivity index (χ0) is 15.1. The predicted octanol–water partition coefficient (Wildman–Crippen LogP) is 2.71. The summed E-state index contributed by atoms with van der Waals surface area (Å²) in [5, 5.41) is 2.12. The number of rotatable bonds is 1. The molecule has 1 heterocycles. The van der Waals surface area contributed by atoms with Crippen molar-refractivity contribution in [1.29, 1.82) is 0 Å². The van der Waals surface area contributed by atoms with Gasteiger partial charge < -0.3 is 0 Å². The molecule has 1 atom stereocenters. The largest absolute Gasteiger partial charge is 0.416 e. The number of alkyl halides is 3. The van der Waals surface area contributed by atoms with E-state index in [1.165, 1.54) is 19.1 Å². The van der Waals surface area contributed by atoms with Crippen molar-refractivity contribution in [3.8, 4) is 0 Å². The van der Waals surface area contributed by atoms with Gasteiger partial charge in [-0.2, -0.15) is 13.2 Å². The molecule has 0 aliphatic carbocycles. The number of aryl methyl sites for hydroxylation is 1. The summed E-state index contributed by atoms with van der Waals surface area (Å²) in [5.41, 5.74) is -0.574. The molecule has 1 aromatic rings. The van der Waals surface area contributed by atoms with E-state index < -0.39 is 29.6 Å². The van der Waals surface area contributed by atoms with Crippen LogP contribution in [0.2, 0.25) is 0 Å². The lowest BCUT2D eigenvalue weighted by Gasteiger charge is -2.30. The van der Waals surface area contributed by atoms with Crippen molar-refractivity contribution >= 4 is 17.6 Å². The van der Waals surface area contributed by atoms with Crippen LogP contribution in [0, 0.1) is 12.8 Å². The molecule has 0 aromatic heterocycles. The number of halogens is 3. The lowest BCUT2D eigenvalue weighted by molar-refractivity contribution is -0.138. The maximum absolute atomic E-state index is 12.9. The van der Waals surface area contributed by atoms with Crippen LogP contribution in [-0.2, 0) is 11.0 Å². The van der Waals surface area contributed by atoms with Crippen molar-refractivity contribution in [3.05, 3.63) is 29.3 Å². The first-order chi connectivity index (χ1) is 9.20. The highest BCUT2D eigenvalue weighted by atomic mass is 19.4. The van der Waals surface area contributed by atoms with E-state index in [4.69, 9.17) is 0 Å². The van der Waals surface area contributed by atoms with Crippen LogP contribution in [0.25, 0.3) is 0 Å². The van der Waals surface area contributed by atoms with Crippen molar-refractivity contribution in [2.45, 2.75) is 20.0 Å². The molecule has 0 bridgehead atoms. The zero-order valence-electron chi connectivity index (χ0n) is 10.9. The van der Waals surface area contributed by atoms with Gasteiger partial charge in [0.1, 0.15) is 0 Å². The van der Waals surface area contributed by atoms with Crippen molar-refractivity contribution in [2.75, 3.05) is 11.4 Å². The third-order valence-electron chi connectivity index (χ3n) is 3.22. The number of amides is 3. The molecule has 20 heavy (non-hydrogen) atoms. The van der Waals surface area contributed by atoms with E-state index >= 15 is 0 Å². The number of anilines is 1. The summed E-state index contributed by atoms with van der Waals surface area (Å²) in [6, 6.07) is 2.97. The number of carbonyl (C=O) groups is 2. The number of benzene rings is 1. The topological polar surface area (TPSA) is 49.4 Å². The molecule has 1 fully saturated rings. The number of carbonyl (C=O) groups excluding carboxylic acids is 2. The second-order valence-corrected chi connectivity index (χ2v) is 4.80. The molecule has 4 nitrogen and oxygen atoms in total. The van der Waals surface area contributed by atoms with Crippen molar-refractivity contribution in [2.24, 2.45) is 5.92 Å². The molecule has 0 saturated carbocycles. The minimum absolute atomic E-state index is 0.0605. The van der Waals surface area contributed by atoms with Crippen LogP contribution in [-0.4, -0.2) is 18.5 Å². The fourth-order valence-corrected chi connectivity index (χ4v) is 2.04. The average molecular weight is 286 g/mol. The quantitative estimate of drug-likeness (QED) is 0.863. The van der Waals surface area contributed by atoms with Crippen molar-refractivity contribution < 1.29 is 22.8 Å². The Morgan fingerprint density at radius 1 is 1.30 bits per heavy atom. The second-order valence-electron chi connectivity index (χ2n) is 4.80. The van der Waals surface area contributed by atoms with E-state index in [1.807, 2.05) is 0 Å². The van der Waals surface area contributed by atoms with Gasteiger partial charge in [-0.25, -0.2) is 4.79 Å². The van der Waals surface area contributed by atoms with E-state index in [0.717, 1.165) is 11.0 Å². The summed E-state index contributed by atoms with van der Waals surface area (Å²) >= 11 is 0. The highest BCUT2D eigenvalue weighted by Crippen LogP contribution is 2.34. The molecule has 0 spiro atoms. The molecule has 1 unspecified atom stereocenters. The van der Waals surface area contributed by atoms with E-state index in [1.54, 1.807) is 6.92 Å². The molecular weight excluding hydrogens is 273 g/mol. The predicted molar refractivity (Wildman–Crippen MR) is 66.2 cm³/mol. The Morgan fingerprint density at radius 2 is 1.95 bits per heavy atom. The van der Waals surface area contributed by atoms with Crippen LogP contribution in [0.1, 0.15) is 18.1 Å². The third-order valence-corrected chi connectivity index (χ3v) is 3.22. The Kier molecular flexibility index (Phi) is 3.45. The summed E-state index contributed by atoms with van der Waals surface area (Å²) in [7, 11) is 0. The van der Waals surface area contributed by atoms with Gasteiger partial charge in [0, 0.05) is 12.2 Å². The summed E-state index contributed by atoms with van der Waals surface area (Å²) < 4.78 is 38.6. The summed E-state index contributed by atoms with van der Waals surface area (Å²) in [5.74, 6) is -0.891. The molecule has 3 amide bonds. The first-order valence-corrected chi connectivity index (χ1v) is 6.00. The summed E-state index contributed by atoms with van der Waals surface area (Å²) in [4.78, 5) is 24.2. The zero-order valence-corrected chi connectivity index (χ0v) is 10.9. The van der Waals surface area contributed by atoms with Crippen LogP contribution in [0.3, 0.4) is 0 Å². The molecule has 7 heteroatoms. The third kappa shape index (κ3) is 2.61. The summed E-state index contributed by atoms with van der Waals surface area (Å²) in [6.07, 6.45) is -4.48. The van der Waals surface area contributed by atoms with Gasteiger partial charge in [-0.3, -0.25) is 15.0 Å². The van der Waals surface area contributed by atoms with E-state index in [9.17, 15) is 22.8 Å². The molecule has 1 saturated heterocycles. The van der Waals surface area contributed by atoms with Gasteiger partial charge in [0.2, 0.25) is 5.91 Å². The minimum atomic E-state index is -4.48. The molecule has 1 aliphatic heterocycles. The molecule has 2 rings (SSSR count). The lowest BCUT2D eigenvalue weighted by atomic mass is 10.0. The van der Waals surface area contributed by atoms with Gasteiger partial charge in [0.15, 0.2) is 0 Å². The number of nitrogens with zero attached hydrogens (tertiary/aromatic N) is 1. The van der Waals surface area contributed by atoms with Crippen molar-refractivity contribution in [1.82, 2.24) is 5.32 Å². The van der Waals surface area contributed by atoms with Gasteiger partial charge in [0.05, 0.1) is 11.5 Å². The van der Waals surface area contributed by atoms with Crippen molar-refractivity contribution in [3.63, 3.8) is 0 Å². The number of hydrogen-bond acceptors (Lipinski definition) is 2. The Hall–Kier alpha value is -2.05. The fourth-order valence-electron chi connectivity index (χ4n) is 2.04. The Bertz CT molecular complexity index is 569. The average Bonchev–Trinajstić information content (AvgIpc) is 2.33. The molecule has 1 aromatic carbocycles. The van der Waals surface area contributed by atoms with Gasteiger partial charge in [-0.1, -0.05) is 13.0 Å². The maximum atomic E-state index is 12.9. The minimum Gasteiger partial charge on any atom is -0.293 e. The van der Waals surface area contributed by atoms with Crippen LogP contribution in [0.15, 0.2) is 18.2 Å². The molecule has 1 aliphatic rings. The van der Waals surface area contributed by atoms with Crippen LogP contribution in [0.5, 0.6) is 0 Å². The SMILES string of the molecule is Cc1ccc(N2CC(C)C(=O)NC2=O)cc1C(F)(F)F. The van der Waals surface area contributed by atoms with Crippen LogP contribution in [0.4, 0.5) is 23.7 Å². The van der Waals surface area contributed by atoms with Gasteiger partial charge in [0.25, 0.3) is 0 Å². The van der Waals surface area contributed by atoms with E-state index in [2.05, 4.69) is 5.32 Å². The normalized spacial score (nSPS) is 20.1. The monoisotopic (exact) mass is 286 g/mol. The highest BCUT2D eigenvalue weighted by Gasteiger charge is 2.35. The number of imide groups is 1. The Labute approximate surface area is 113 Å². The van der Waals surface area contributed by atoms with E-state index in [-0.39, 0.29) is 17.8 Å². The maximum Gasteiger partial charge on any atom is 0.416 e. The van der Waals surface area contributed by atoms with Gasteiger partial charge >= 0.3 is 12.2 Å². The first kappa shape index (κ1) is 14.4. The standard InChI is InChI=1S/C13H13F3N2O2/c1-7-3-4-9(5-10(7)13(14,15)16)18-6-8(2)11(19)17-12(18)20/h3-5,8H,6H2,1-2H3,(H,17,19,20). The second kappa shape index (κ2) is 4.81. The van der Waals surface area contributed by atoms with Gasteiger partial charge in [-0.05, 0) is 24.6 Å². The number of nitrogens with one attached hydrogen (secondary N) is 1. The van der Waals surface area contributed by atoms with Gasteiger partial charge in [-0.15, -0.1) is 0 Å².